The van der Waals surface area contributed by atoms with Crippen LogP contribution in [0.15, 0.2) is 24.8 Å². The molecule has 5 nitrogen and oxygen atoms in total. The van der Waals surface area contributed by atoms with E-state index in [1.807, 2.05) is 0 Å². The second-order valence-electron chi connectivity index (χ2n) is 5.85. The van der Waals surface area contributed by atoms with Gasteiger partial charge in [0.05, 0.1) is 6.61 Å². The van der Waals surface area contributed by atoms with Crippen molar-refractivity contribution in [3.8, 4) is 0 Å². The van der Waals surface area contributed by atoms with Gasteiger partial charge < -0.3 is 14.8 Å². The molecule has 1 atom stereocenters. The van der Waals surface area contributed by atoms with E-state index in [4.69, 9.17) is 9.47 Å². The number of aryl methyl sites for hydroxylation is 3. The van der Waals surface area contributed by atoms with Crippen LogP contribution in [0.5, 0.6) is 0 Å². The first-order valence-electron chi connectivity index (χ1n) is 8.07. The zero-order valence-corrected chi connectivity index (χ0v) is 15.0. The summed E-state index contributed by atoms with van der Waals surface area (Å²) in [6.45, 7) is 11.8. The summed E-state index contributed by atoms with van der Waals surface area (Å²) in [6.07, 6.45) is 1.58. The van der Waals surface area contributed by atoms with Crippen LogP contribution in [0.3, 0.4) is 0 Å². The maximum absolute atomic E-state index is 11.8. The molecule has 132 valence electrons. The van der Waals surface area contributed by atoms with Gasteiger partial charge in [-0.2, -0.15) is 0 Å². The Morgan fingerprint density at radius 2 is 1.88 bits per heavy atom. The van der Waals surface area contributed by atoms with Crippen molar-refractivity contribution in [3.05, 3.63) is 47.0 Å². The number of amides is 1. The molecule has 1 amide bonds. The van der Waals surface area contributed by atoms with Crippen LogP contribution >= 0.6 is 0 Å². The molecule has 1 aromatic carbocycles. The van der Waals surface area contributed by atoms with E-state index in [0.717, 1.165) is 6.42 Å². The first-order valence-corrected chi connectivity index (χ1v) is 8.07. The fourth-order valence-corrected chi connectivity index (χ4v) is 2.52. The number of nitrogens with one attached hydrogen (secondary N) is 1. The lowest BCUT2D eigenvalue weighted by atomic mass is 9.97. The number of carbonyl (C=O) groups excluding carboxylic acids is 2. The number of ether oxygens (including phenoxy) is 2. The number of hydrogen-bond acceptors (Lipinski definition) is 4. The highest BCUT2D eigenvalue weighted by atomic mass is 16.6. The SMILES string of the molecule is C=CCOC(C)C(=O)OCC(=O)NCCc1c(C)cc(C)cc1C. The average Bonchev–Trinajstić information content (AvgIpc) is 2.52. The van der Waals surface area contributed by atoms with Crippen LogP contribution in [-0.4, -0.2) is 37.7 Å². The Morgan fingerprint density at radius 3 is 2.46 bits per heavy atom. The van der Waals surface area contributed by atoms with E-state index >= 15 is 0 Å². The monoisotopic (exact) mass is 333 g/mol. The Kier molecular flexibility index (Phi) is 8.19. The van der Waals surface area contributed by atoms with Crippen LogP contribution in [0, 0.1) is 20.8 Å². The van der Waals surface area contributed by atoms with E-state index in [1.54, 1.807) is 13.0 Å². The first kappa shape index (κ1) is 19.9. The molecule has 1 unspecified atom stereocenters. The number of esters is 1. The average molecular weight is 333 g/mol. The van der Waals surface area contributed by atoms with E-state index < -0.39 is 12.1 Å². The van der Waals surface area contributed by atoms with E-state index in [9.17, 15) is 9.59 Å². The summed E-state index contributed by atoms with van der Waals surface area (Å²) in [5.74, 6) is -0.876. The van der Waals surface area contributed by atoms with Crippen molar-refractivity contribution in [2.24, 2.45) is 0 Å². The lowest BCUT2D eigenvalue weighted by molar-refractivity contribution is -0.158. The fraction of sp³-hybridized carbons (Fsp3) is 0.474. The first-order chi connectivity index (χ1) is 11.3. The molecule has 0 aliphatic carbocycles. The topological polar surface area (TPSA) is 64.6 Å². The van der Waals surface area contributed by atoms with Gasteiger partial charge in [0.15, 0.2) is 12.7 Å². The third-order valence-corrected chi connectivity index (χ3v) is 3.68. The fourth-order valence-electron chi connectivity index (χ4n) is 2.52. The highest BCUT2D eigenvalue weighted by molar-refractivity contribution is 5.81. The molecule has 0 heterocycles. The smallest absolute Gasteiger partial charge is 0.335 e. The zero-order chi connectivity index (χ0) is 18.1. The summed E-state index contributed by atoms with van der Waals surface area (Å²) >= 11 is 0. The van der Waals surface area contributed by atoms with Crippen molar-refractivity contribution in [1.29, 1.82) is 0 Å². The van der Waals surface area contributed by atoms with E-state index in [-0.39, 0.29) is 19.1 Å². The van der Waals surface area contributed by atoms with Gasteiger partial charge in [0, 0.05) is 6.54 Å². The summed E-state index contributed by atoms with van der Waals surface area (Å²) in [6, 6.07) is 4.27. The van der Waals surface area contributed by atoms with Gasteiger partial charge in [-0.15, -0.1) is 6.58 Å². The maximum Gasteiger partial charge on any atom is 0.335 e. The number of benzene rings is 1. The van der Waals surface area contributed by atoms with Crippen molar-refractivity contribution in [2.45, 2.75) is 40.2 Å². The lowest BCUT2D eigenvalue weighted by Crippen LogP contribution is -2.33. The molecule has 1 aromatic rings. The van der Waals surface area contributed by atoms with Gasteiger partial charge in [-0.25, -0.2) is 4.79 Å². The summed E-state index contributed by atoms with van der Waals surface area (Å²) in [5, 5.41) is 2.76. The van der Waals surface area contributed by atoms with Gasteiger partial charge >= 0.3 is 5.97 Å². The van der Waals surface area contributed by atoms with Crippen LogP contribution in [-0.2, 0) is 25.5 Å². The summed E-state index contributed by atoms with van der Waals surface area (Å²) < 4.78 is 10.1. The standard InChI is InChI=1S/C19H27NO4/c1-6-9-23-16(5)19(22)24-12-18(21)20-8-7-17-14(3)10-13(2)11-15(17)4/h6,10-11,16H,1,7-9,12H2,2-5H3,(H,20,21). The molecule has 0 aliphatic heterocycles. The molecule has 0 fully saturated rings. The van der Waals surface area contributed by atoms with Crippen molar-refractivity contribution in [2.75, 3.05) is 19.8 Å². The Labute approximate surface area is 144 Å². The summed E-state index contributed by atoms with van der Waals surface area (Å²) in [4.78, 5) is 23.4. The van der Waals surface area contributed by atoms with Crippen LogP contribution in [0.2, 0.25) is 0 Å². The minimum absolute atomic E-state index is 0.262. The Bertz CT molecular complexity index is 572. The molecule has 0 saturated carbocycles. The second-order valence-corrected chi connectivity index (χ2v) is 5.85. The Hall–Kier alpha value is -2.14. The second kappa shape index (κ2) is 9.88. The number of rotatable bonds is 9. The summed E-state index contributed by atoms with van der Waals surface area (Å²) in [5.41, 5.74) is 4.92. The third-order valence-electron chi connectivity index (χ3n) is 3.68. The minimum Gasteiger partial charge on any atom is -0.454 e. The molecule has 5 heteroatoms. The minimum atomic E-state index is -0.714. The van der Waals surface area contributed by atoms with Crippen LogP contribution in [0.1, 0.15) is 29.2 Å². The summed E-state index contributed by atoms with van der Waals surface area (Å²) in [7, 11) is 0. The largest absolute Gasteiger partial charge is 0.454 e. The van der Waals surface area contributed by atoms with Gasteiger partial charge in [0.2, 0.25) is 0 Å². The molecule has 24 heavy (non-hydrogen) atoms. The van der Waals surface area contributed by atoms with Crippen molar-refractivity contribution in [3.63, 3.8) is 0 Å². The molecule has 0 aliphatic rings. The van der Waals surface area contributed by atoms with E-state index in [0.29, 0.717) is 6.54 Å². The highest BCUT2D eigenvalue weighted by Crippen LogP contribution is 2.16. The van der Waals surface area contributed by atoms with Crippen molar-refractivity contribution in [1.82, 2.24) is 5.32 Å². The quantitative estimate of drug-likeness (QED) is 0.557. The third kappa shape index (κ3) is 6.54. The molecule has 0 saturated heterocycles. The predicted molar refractivity (Wildman–Crippen MR) is 93.9 cm³/mol. The molecule has 1 rings (SSSR count). The van der Waals surface area contributed by atoms with Crippen molar-refractivity contribution >= 4 is 11.9 Å². The van der Waals surface area contributed by atoms with Gasteiger partial charge in [0.1, 0.15) is 0 Å². The van der Waals surface area contributed by atoms with Crippen LogP contribution in [0.4, 0.5) is 0 Å². The van der Waals surface area contributed by atoms with Gasteiger partial charge in [-0.1, -0.05) is 23.8 Å². The molecule has 1 N–H and O–H groups in total. The molecule has 0 bridgehead atoms. The van der Waals surface area contributed by atoms with E-state index in [1.165, 1.54) is 22.3 Å². The maximum atomic E-state index is 11.8. The number of hydrogen-bond donors (Lipinski definition) is 1. The highest BCUT2D eigenvalue weighted by Gasteiger charge is 2.15. The molecule has 0 aromatic heterocycles. The Morgan fingerprint density at radius 1 is 1.25 bits per heavy atom. The molecule has 0 radical (unpaired) electrons. The normalized spacial score (nSPS) is 11.7. The predicted octanol–water partition coefficient (Wildman–Crippen LogP) is 2.40. The molecule has 0 spiro atoms. The van der Waals surface area contributed by atoms with Crippen LogP contribution in [0.25, 0.3) is 0 Å². The van der Waals surface area contributed by atoms with Crippen LogP contribution < -0.4 is 5.32 Å². The van der Waals surface area contributed by atoms with E-state index in [2.05, 4.69) is 44.8 Å². The zero-order valence-electron chi connectivity index (χ0n) is 15.0. The molecular formula is C19H27NO4. The van der Waals surface area contributed by atoms with Gasteiger partial charge in [0.25, 0.3) is 5.91 Å². The van der Waals surface area contributed by atoms with Crippen molar-refractivity contribution < 1.29 is 19.1 Å². The Balaban J connectivity index is 2.34. The lowest BCUT2D eigenvalue weighted by Gasteiger charge is -2.13. The number of carbonyl (C=O) groups is 2. The van der Waals surface area contributed by atoms with Gasteiger partial charge in [-0.05, 0) is 50.8 Å². The van der Waals surface area contributed by atoms with Gasteiger partial charge in [-0.3, -0.25) is 4.79 Å². The molecular weight excluding hydrogens is 306 g/mol.